The first-order chi connectivity index (χ1) is 14.5. The summed E-state index contributed by atoms with van der Waals surface area (Å²) in [6.07, 6.45) is 0. The Kier molecular flexibility index (Phi) is 4.88. The standard InChI is InChI=1S/C21H14BrNO5S2/c22-13-5-7-30-20(13)17-16(18(24)11-3-4-14-15(8-11)28-10-27-14)19(25)21(26)23(17)9-12-2-1-6-29-12/h1-8,17,24H,9-10H2/b18-16+. The second-order valence-electron chi connectivity index (χ2n) is 6.71. The molecule has 1 saturated heterocycles. The lowest BCUT2D eigenvalue weighted by atomic mass is 9.99. The van der Waals surface area contributed by atoms with Gasteiger partial charge in [0.1, 0.15) is 11.8 Å². The van der Waals surface area contributed by atoms with Crippen molar-refractivity contribution >= 4 is 56.1 Å². The Labute approximate surface area is 188 Å². The van der Waals surface area contributed by atoms with E-state index < -0.39 is 17.7 Å². The summed E-state index contributed by atoms with van der Waals surface area (Å²) in [7, 11) is 0. The Balaban J connectivity index is 1.65. The molecule has 1 amide bonds. The molecule has 1 fully saturated rings. The molecular weight excluding hydrogens is 490 g/mol. The molecule has 0 radical (unpaired) electrons. The molecule has 1 N–H and O–H groups in total. The van der Waals surface area contributed by atoms with Gasteiger partial charge in [-0.15, -0.1) is 22.7 Å². The highest BCUT2D eigenvalue weighted by Crippen LogP contribution is 2.45. The van der Waals surface area contributed by atoms with Crippen LogP contribution in [0.3, 0.4) is 0 Å². The van der Waals surface area contributed by atoms with E-state index in [9.17, 15) is 14.7 Å². The van der Waals surface area contributed by atoms with Crippen LogP contribution in [0, 0.1) is 0 Å². The lowest BCUT2D eigenvalue weighted by Gasteiger charge is -2.24. The first-order valence-electron chi connectivity index (χ1n) is 8.98. The summed E-state index contributed by atoms with van der Waals surface area (Å²) < 4.78 is 11.5. The van der Waals surface area contributed by atoms with E-state index in [1.165, 1.54) is 27.6 Å². The van der Waals surface area contributed by atoms with Gasteiger partial charge in [0.05, 0.1) is 12.1 Å². The first kappa shape index (κ1) is 19.3. The number of hydrogen-bond donors (Lipinski definition) is 1. The number of carbonyl (C=O) groups excluding carboxylic acids is 2. The van der Waals surface area contributed by atoms with Gasteiger partial charge in [0.2, 0.25) is 6.79 Å². The van der Waals surface area contributed by atoms with Gasteiger partial charge in [-0.1, -0.05) is 6.07 Å². The Morgan fingerprint density at radius 3 is 2.70 bits per heavy atom. The molecule has 0 aliphatic carbocycles. The number of nitrogens with zero attached hydrogens (tertiary/aromatic N) is 1. The number of aliphatic hydroxyl groups excluding tert-OH is 1. The summed E-state index contributed by atoms with van der Waals surface area (Å²) in [5.74, 6) is -0.503. The minimum absolute atomic E-state index is 0.0681. The van der Waals surface area contributed by atoms with Crippen molar-refractivity contribution in [2.75, 3.05) is 6.79 Å². The van der Waals surface area contributed by atoms with Crippen LogP contribution in [-0.2, 0) is 16.1 Å². The molecule has 3 aromatic rings. The van der Waals surface area contributed by atoms with Gasteiger partial charge in [-0.2, -0.15) is 0 Å². The maximum atomic E-state index is 13.0. The molecular formula is C21H14BrNO5S2. The summed E-state index contributed by atoms with van der Waals surface area (Å²) in [6, 6.07) is 9.94. The van der Waals surface area contributed by atoms with Crippen LogP contribution in [-0.4, -0.2) is 28.5 Å². The molecule has 0 saturated carbocycles. The predicted molar refractivity (Wildman–Crippen MR) is 117 cm³/mol. The second kappa shape index (κ2) is 7.57. The highest BCUT2D eigenvalue weighted by atomic mass is 79.9. The average Bonchev–Trinajstić information content (AvgIpc) is 3.52. The minimum atomic E-state index is -0.702. The van der Waals surface area contributed by atoms with E-state index in [0.717, 1.165) is 14.2 Å². The lowest BCUT2D eigenvalue weighted by Crippen LogP contribution is -2.28. The number of carbonyl (C=O) groups is 2. The van der Waals surface area contributed by atoms with E-state index in [1.807, 2.05) is 29.0 Å². The van der Waals surface area contributed by atoms with Gasteiger partial charge in [0, 0.05) is 19.8 Å². The Morgan fingerprint density at radius 2 is 1.97 bits per heavy atom. The Morgan fingerprint density at radius 1 is 1.13 bits per heavy atom. The molecule has 2 aliphatic heterocycles. The van der Waals surface area contributed by atoms with Gasteiger partial charge in [0.15, 0.2) is 11.5 Å². The number of likely N-dealkylation sites (tertiary alicyclic amines) is 1. The fourth-order valence-electron chi connectivity index (χ4n) is 3.59. The molecule has 9 heteroatoms. The highest BCUT2D eigenvalue weighted by Gasteiger charge is 2.47. The quantitative estimate of drug-likeness (QED) is 0.310. The Bertz CT molecular complexity index is 1180. The molecule has 1 aromatic carbocycles. The van der Waals surface area contributed by atoms with Gasteiger partial charge >= 0.3 is 0 Å². The largest absolute Gasteiger partial charge is 0.507 e. The van der Waals surface area contributed by atoms with Crippen LogP contribution >= 0.6 is 38.6 Å². The molecule has 30 heavy (non-hydrogen) atoms. The van der Waals surface area contributed by atoms with Gasteiger partial charge in [0.25, 0.3) is 11.7 Å². The average molecular weight is 504 g/mol. The predicted octanol–water partition coefficient (Wildman–Crippen LogP) is 4.92. The number of hydrogen-bond acceptors (Lipinski definition) is 7. The number of fused-ring (bicyclic) bond motifs is 1. The van der Waals surface area contributed by atoms with Crippen LogP contribution in [0.1, 0.15) is 21.4 Å². The van der Waals surface area contributed by atoms with Gasteiger partial charge in [-0.25, -0.2) is 0 Å². The summed E-state index contributed by atoms with van der Waals surface area (Å²) in [6.45, 7) is 0.391. The molecule has 4 heterocycles. The van der Waals surface area contributed by atoms with Crippen molar-refractivity contribution < 1.29 is 24.2 Å². The van der Waals surface area contributed by atoms with Crippen LogP contribution in [0.15, 0.2) is 57.2 Å². The lowest BCUT2D eigenvalue weighted by molar-refractivity contribution is -0.140. The summed E-state index contributed by atoms with van der Waals surface area (Å²) in [5, 5.41) is 14.9. The van der Waals surface area contributed by atoms with Crippen molar-refractivity contribution in [2.45, 2.75) is 12.6 Å². The van der Waals surface area contributed by atoms with E-state index in [0.29, 0.717) is 17.1 Å². The third kappa shape index (κ3) is 3.13. The number of thiophene rings is 2. The monoisotopic (exact) mass is 503 g/mol. The van der Waals surface area contributed by atoms with E-state index in [4.69, 9.17) is 9.47 Å². The molecule has 0 bridgehead atoms. The zero-order valence-corrected chi connectivity index (χ0v) is 18.6. The molecule has 6 nitrogen and oxygen atoms in total. The van der Waals surface area contributed by atoms with Gasteiger partial charge in [-0.05, 0) is 57.0 Å². The maximum absolute atomic E-state index is 13.0. The third-order valence-electron chi connectivity index (χ3n) is 4.99. The normalized spacial score (nSPS) is 19.6. The highest BCUT2D eigenvalue weighted by molar-refractivity contribution is 9.10. The molecule has 152 valence electrons. The zero-order valence-electron chi connectivity index (χ0n) is 15.3. The van der Waals surface area contributed by atoms with Crippen molar-refractivity contribution in [1.82, 2.24) is 4.90 Å². The number of aliphatic hydroxyl groups is 1. The Hall–Kier alpha value is -2.62. The first-order valence-corrected chi connectivity index (χ1v) is 11.5. The fourth-order valence-corrected chi connectivity index (χ4v) is 6.00. The van der Waals surface area contributed by atoms with Gasteiger partial charge < -0.3 is 19.5 Å². The summed E-state index contributed by atoms with van der Waals surface area (Å²) >= 11 is 6.46. The zero-order chi connectivity index (χ0) is 20.8. The van der Waals surface area contributed by atoms with Crippen molar-refractivity contribution in [1.29, 1.82) is 0 Å². The summed E-state index contributed by atoms with van der Waals surface area (Å²) in [5.41, 5.74) is 0.463. The number of halogens is 1. The molecule has 1 unspecified atom stereocenters. The minimum Gasteiger partial charge on any atom is -0.507 e. The van der Waals surface area contributed by atoms with E-state index in [2.05, 4.69) is 15.9 Å². The number of Topliss-reactive ketones (excluding diaryl/α,β-unsaturated/α-hetero) is 1. The smallest absolute Gasteiger partial charge is 0.296 e. The topological polar surface area (TPSA) is 76.1 Å². The third-order valence-corrected chi connectivity index (χ3v) is 7.77. The van der Waals surface area contributed by atoms with Crippen LogP contribution in [0.4, 0.5) is 0 Å². The van der Waals surface area contributed by atoms with Gasteiger partial charge in [-0.3, -0.25) is 9.59 Å². The van der Waals surface area contributed by atoms with Crippen LogP contribution in [0.25, 0.3) is 5.76 Å². The van der Waals surface area contributed by atoms with Crippen molar-refractivity contribution in [3.05, 3.63) is 72.5 Å². The molecule has 5 rings (SSSR count). The molecule has 2 aliphatic rings. The fraction of sp³-hybridized carbons (Fsp3) is 0.143. The van der Waals surface area contributed by atoms with Crippen molar-refractivity contribution in [2.24, 2.45) is 0 Å². The van der Waals surface area contributed by atoms with Crippen molar-refractivity contribution in [3.8, 4) is 11.5 Å². The van der Waals surface area contributed by atoms with Crippen LogP contribution in [0.2, 0.25) is 0 Å². The SMILES string of the molecule is O=C1C(=O)N(Cc2cccs2)C(c2sccc2Br)/C1=C(\O)c1ccc2c(c1)OCO2. The number of amides is 1. The number of rotatable bonds is 4. The molecule has 2 aromatic heterocycles. The van der Waals surface area contributed by atoms with E-state index in [1.54, 1.807) is 18.2 Å². The van der Waals surface area contributed by atoms with Crippen molar-refractivity contribution in [3.63, 3.8) is 0 Å². The number of benzene rings is 1. The van der Waals surface area contributed by atoms with Crippen LogP contribution < -0.4 is 9.47 Å². The molecule has 0 spiro atoms. The van der Waals surface area contributed by atoms with E-state index >= 15 is 0 Å². The second-order valence-corrected chi connectivity index (χ2v) is 9.54. The van der Waals surface area contributed by atoms with E-state index in [-0.39, 0.29) is 24.7 Å². The number of ketones is 1. The molecule has 1 atom stereocenters. The maximum Gasteiger partial charge on any atom is 0.296 e. The number of ether oxygens (including phenoxy) is 2. The van der Waals surface area contributed by atoms with Crippen LogP contribution in [0.5, 0.6) is 11.5 Å². The summed E-state index contributed by atoms with van der Waals surface area (Å²) in [4.78, 5) is 29.3.